The van der Waals surface area contributed by atoms with Crippen molar-refractivity contribution in [2.24, 2.45) is 5.92 Å². The molecule has 2 heteroatoms. The molecule has 2 nitrogen and oxygen atoms in total. The molecular weight excluding hydrogens is 224 g/mol. The summed E-state index contributed by atoms with van der Waals surface area (Å²) in [5.74, 6) is 0.357. The number of benzene rings is 1. The largest absolute Gasteiger partial charge is 0.463 e. The summed E-state index contributed by atoms with van der Waals surface area (Å²) in [5.41, 5.74) is 4.98. The molecule has 0 aromatic heterocycles. The summed E-state index contributed by atoms with van der Waals surface area (Å²) in [7, 11) is 0. The van der Waals surface area contributed by atoms with Crippen molar-refractivity contribution in [2.75, 3.05) is 6.61 Å². The van der Waals surface area contributed by atoms with Crippen LogP contribution in [-0.2, 0) is 16.0 Å². The Kier molecular flexibility index (Phi) is 3.85. The number of aryl methyl sites for hydroxylation is 1. The molecule has 0 N–H and O–H groups in total. The molecule has 0 fully saturated rings. The Bertz CT molecular complexity index is 486. The molecule has 0 amide bonds. The molecule has 0 spiro atoms. The zero-order valence-electron chi connectivity index (χ0n) is 11.3. The Morgan fingerprint density at radius 2 is 2.22 bits per heavy atom. The van der Waals surface area contributed by atoms with E-state index in [9.17, 15) is 4.79 Å². The zero-order valence-corrected chi connectivity index (χ0v) is 11.3. The van der Waals surface area contributed by atoms with Crippen molar-refractivity contribution >= 4 is 11.5 Å². The first kappa shape index (κ1) is 12.9. The number of rotatable bonds is 2. The van der Waals surface area contributed by atoms with E-state index in [0.29, 0.717) is 12.5 Å². The van der Waals surface area contributed by atoms with E-state index in [2.05, 4.69) is 32.0 Å². The van der Waals surface area contributed by atoms with Gasteiger partial charge in [0.2, 0.25) is 0 Å². The molecule has 0 bridgehead atoms. The summed E-state index contributed by atoms with van der Waals surface area (Å²) in [6, 6.07) is 6.36. The minimum absolute atomic E-state index is 0.226. The summed E-state index contributed by atoms with van der Waals surface area (Å²) in [4.78, 5) is 11.6. The highest BCUT2D eigenvalue weighted by Crippen LogP contribution is 2.35. The van der Waals surface area contributed by atoms with Crippen LogP contribution in [0.4, 0.5) is 0 Å². The number of esters is 1. The smallest absolute Gasteiger partial charge is 0.331 e. The highest BCUT2D eigenvalue weighted by molar-refractivity contribution is 5.92. The van der Waals surface area contributed by atoms with Crippen molar-refractivity contribution in [3.05, 3.63) is 41.0 Å². The van der Waals surface area contributed by atoms with Crippen LogP contribution >= 0.6 is 0 Å². The quantitative estimate of drug-likeness (QED) is 0.587. The fraction of sp³-hybridized carbons (Fsp3) is 0.438. The van der Waals surface area contributed by atoms with Gasteiger partial charge in [0.25, 0.3) is 0 Å². The fourth-order valence-corrected chi connectivity index (χ4v) is 2.74. The maximum absolute atomic E-state index is 11.6. The number of carbonyl (C=O) groups excluding carboxylic acids is 1. The van der Waals surface area contributed by atoms with Gasteiger partial charge in [0.05, 0.1) is 6.61 Å². The predicted molar refractivity (Wildman–Crippen MR) is 73.3 cm³/mol. The van der Waals surface area contributed by atoms with Crippen molar-refractivity contribution in [3.8, 4) is 0 Å². The van der Waals surface area contributed by atoms with Gasteiger partial charge in [-0.2, -0.15) is 0 Å². The van der Waals surface area contributed by atoms with Crippen molar-refractivity contribution < 1.29 is 9.53 Å². The van der Waals surface area contributed by atoms with Gasteiger partial charge in [-0.3, -0.25) is 0 Å². The molecule has 18 heavy (non-hydrogen) atoms. The first-order chi connectivity index (χ1) is 8.61. The third-order valence-corrected chi connectivity index (χ3v) is 3.40. The molecule has 1 atom stereocenters. The number of allylic oxidation sites excluding steroid dienone is 1. The molecule has 1 aliphatic carbocycles. The maximum Gasteiger partial charge on any atom is 0.331 e. The predicted octanol–water partition coefficient (Wildman–Crippen LogP) is 3.52. The second-order valence-corrected chi connectivity index (χ2v) is 5.04. The normalized spacial score (nSPS) is 20.6. The molecule has 0 saturated heterocycles. The van der Waals surface area contributed by atoms with E-state index < -0.39 is 0 Å². The van der Waals surface area contributed by atoms with Crippen LogP contribution in [0.5, 0.6) is 0 Å². The topological polar surface area (TPSA) is 26.3 Å². The SMILES string of the molecule is CCOC(=O)/C=C1\CC(C)Cc2cccc(C)c21. The monoisotopic (exact) mass is 244 g/mol. The molecule has 0 radical (unpaired) electrons. The minimum Gasteiger partial charge on any atom is -0.463 e. The van der Waals surface area contributed by atoms with Gasteiger partial charge >= 0.3 is 5.97 Å². The van der Waals surface area contributed by atoms with E-state index in [1.54, 1.807) is 6.08 Å². The molecule has 0 heterocycles. The summed E-state index contributed by atoms with van der Waals surface area (Å²) >= 11 is 0. The second kappa shape index (κ2) is 5.38. The molecule has 1 aromatic carbocycles. The van der Waals surface area contributed by atoms with Gasteiger partial charge in [-0.25, -0.2) is 4.79 Å². The lowest BCUT2D eigenvalue weighted by atomic mass is 9.79. The molecule has 0 aliphatic heterocycles. The van der Waals surface area contributed by atoms with E-state index in [1.165, 1.54) is 16.7 Å². The summed E-state index contributed by atoms with van der Waals surface area (Å²) in [5, 5.41) is 0. The molecule has 1 unspecified atom stereocenters. The van der Waals surface area contributed by atoms with Crippen LogP contribution in [0.15, 0.2) is 24.3 Å². The lowest BCUT2D eigenvalue weighted by Crippen LogP contribution is -2.13. The number of hydrogen-bond acceptors (Lipinski definition) is 2. The highest BCUT2D eigenvalue weighted by Gasteiger charge is 2.21. The van der Waals surface area contributed by atoms with Crippen LogP contribution in [0.1, 0.15) is 37.0 Å². The van der Waals surface area contributed by atoms with E-state index in [4.69, 9.17) is 4.74 Å². The lowest BCUT2D eigenvalue weighted by molar-refractivity contribution is -0.137. The average Bonchev–Trinajstić information content (AvgIpc) is 2.28. The third-order valence-electron chi connectivity index (χ3n) is 3.40. The number of fused-ring (bicyclic) bond motifs is 1. The van der Waals surface area contributed by atoms with Crippen LogP contribution < -0.4 is 0 Å². The Hall–Kier alpha value is -1.57. The fourth-order valence-electron chi connectivity index (χ4n) is 2.74. The molecule has 1 aromatic rings. The van der Waals surface area contributed by atoms with Crippen LogP contribution in [0.3, 0.4) is 0 Å². The second-order valence-electron chi connectivity index (χ2n) is 5.04. The van der Waals surface area contributed by atoms with Crippen LogP contribution in [0, 0.1) is 12.8 Å². The molecule has 2 rings (SSSR count). The first-order valence-electron chi connectivity index (χ1n) is 6.58. The summed E-state index contributed by atoms with van der Waals surface area (Å²) in [6.45, 7) is 6.59. The molecule has 1 aliphatic rings. The summed E-state index contributed by atoms with van der Waals surface area (Å²) in [6.07, 6.45) is 3.72. The number of hydrogen-bond donors (Lipinski definition) is 0. The van der Waals surface area contributed by atoms with Crippen molar-refractivity contribution in [1.82, 2.24) is 0 Å². The first-order valence-corrected chi connectivity index (χ1v) is 6.58. The Morgan fingerprint density at radius 1 is 1.44 bits per heavy atom. The lowest BCUT2D eigenvalue weighted by Gasteiger charge is -2.25. The van der Waals surface area contributed by atoms with Crippen LogP contribution in [0.25, 0.3) is 5.57 Å². The standard InChI is InChI=1S/C16H20O2/c1-4-18-15(17)10-14-9-11(2)8-13-7-5-6-12(3)16(13)14/h5-7,10-11H,4,8-9H2,1-3H3/b14-10+. The maximum atomic E-state index is 11.6. The van der Waals surface area contributed by atoms with E-state index in [0.717, 1.165) is 18.4 Å². The van der Waals surface area contributed by atoms with Gasteiger partial charge < -0.3 is 4.74 Å². The van der Waals surface area contributed by atoms with Gasteiger partial charge in [-0.1, -0.05) is 25.1 Å². The van der Waals surface area contributed by atoms with Crippen molar-refractivity contribution in [3.63, 3.8) is 0 Å². The van der Waals surface area contributed by atoms with Gasteiger partial charge in [0.15, 0.2) is 0 Å². The molecule has 96 valence electrons. The Labute approximate surface area is 109 Å². The minimum atomic E-state index is -0.226. The van der Waals surface area contributed by atoms with E-state index in [-0.39, 0.29) is 5.97 Å². The highest BCUT2D eigenvalue weighted by atomic mass is 16.5. The summed E-state index contributed by atoms with van der Waals surface area (Å²) < 4.78 is 5.02. The van der Waals surface area contributed by atoms with Crippen molar-refractivity contribution in [1.29, 1.82) is 0 Å². The van der Waals surface area contributed by atoms with Gasteiger partial charge in [-0.05, 0) is 54.9 Å². The zero-order chi connectivity index (χ0) is 13.1. The van der Waals surface area contributed by atoms with Gasteiger partial charge in [-0.15, -0.1) is 0 Å². The number of ether oxygens (including phenoxy) is 1. The van der Waals surface area contributed by atoms with E-state index in [1.807, 2.05) is 6.92 Å². The molecule has 0 saturated carbocycles. The van der Waals surface area contributed by atoms with Crippen molar-refractivity contribution in [2.45, 2.75) is 33.6 Å². The Morgan fingerprint density at radius 3 is 2.94 bits per heavy atom. The van der Waals surface area contributed by atoms with Crippen LogP contribution in [-0.4, -0.2) is 12.6 Å². The van der Waals surface area contributed by atoms with E-state index >= 15 is 0 Å². The number of carbonyl (C=O) groups is 1. The van der Waals surface area contributed by atoms with Gasteiger partial charge in [0.1, 0.15) is 0 Å². The molecular formula is C16H20O2. The third kappa shape index (κ3) is 2.63. The average molecular weight is 244 g/mol. The Balaban J connectivity index is 2.42. The van der Waals surface area contributed by atoms with Gasteiger partial charge in [0, 0.05) is 6.08 Å². The van der Waals surface area contributed by atoms with Crippen LogP contribution in [0.2, 0.25) is 0 Å².